The van der Waals surface area contributed by atoms with E-state index < -0.39 is 18.0 Å². The summed E-state index contributed by atoms with van der Waals surface area (Å²) in [5.74, 6) is -1.17. The number of rotatable bonds is 3. The molecule has 0 spiro atoms. The van der Waals surface area contributed by atoms with E-state index in [4.69, 9.17) is 0 Å². The molecule has 12 heavy (non-hydrogen) atoms. The normalized spacial score (nSPS) is 11.6. The maximum atomic E-state index is 10.8. The first-order valence-corrected chi connectivity index (χ1v) is 3.43. The first-order chi connectivity index (χ1) is 5.49. The molecule has 0 aromatic carbocycles. The van der Waals surface area contributed by atoms with Crippen molar-refractivity contribution in [3.8, 4) is 0 Å². The minimum Gasteiger partial charge on any atom is -0.466 e. The van der Waals surface area contributed by atoms with E-state index in [1.54, 1.807) is 0 Å². The van der Waals surface area contributed by atoms with Crippen molar-refractivity contribution in [2.45, 2.75) is 20.0 Å². The van der Waals surface area contributed by atoms with E-state index in [0.717, 1.165) is 0 Å². The number of ether oxygens (including phenoxy) is 2. The van der Waals surface area contributed by atoms with Crippen molar-refractivity contribution in [1.82, 2.24) is 0 Å². The Hall–Kier alpha value is -1.32. The second kappa shape index (κ2) is 4.54. The maximum absolute atomic E-state index is 10.8. The molecular formula is C8H12O4. The molecule has 0 aliphatic carbocycles. The van der Waals surface area contributed by atoms with Gasteiger partial charge in [-0.1, -0.05) is 6.58 Å². The second-order valence-corrected chi connectivity index (χ2v) is 2.35. The van der Waals surface area contributed by atoms with Gasteiger partial charge in [0.1, 0.15) is 0 Å². The summed E-state index contributed by atoms with van der Waals surface area (Å²) in [5.41, 5.74) is 0.255. The number of carbonyl (C=O) groups is 2. The lowest BCUT2D eigenvalue weighted by atomic mass is 10.3. The van der Waals surface area contributed by atoms with Gasteiger partial charge < -0.3 is 9.47 Å². The van der Waals surface area contributed by atoms with Crippen LogP contribution in [-0.2, 0) is 19.1 Å². The van der Waals surface area contributed by atoms with Crippen molar-refractivity contribution in [1.29, 1.82) is 0 Å². The molecule has 1 atom stereocenters. The van der Waals surface area contributed by atoms with Crippen LogP contribution >= 0.6 is 0 Å². The second-order valence-electron chi connectivity index (χ2n) is 2.35. The smallest absolute Gasteiger partial charge is 0.346 e. The summed E-state index contributed by atoms with van der Waals surface area (Å²) < 4.78 is 9.00. The molecule has 0 bridgehead atoms. The average molecular weight is 172 g/mol. The molecule has 0 N–H and O–H groups in total. The van der Waals surface area contributed by atoms with Crippen molar-refractivity contribution < 1.29 is 19.1 Å². The molecule has 0 fully saturated rings. The zero-order valence-electron chi connectivity index (χ0n) is 7.42. The van der Waals surface area contributed by atoms with Gasteiger partial charge in [-0.15, -0.1) is 0 Å². The van der Waals surface area contributed by atoms with Gasteiger partial charge in [0, 0.05) is 5.57 Å². The summed E-state index contributed by atoms with van der Waals surface area (Å²) in [5, 5.41) is 0. The SMILES string of the molecule is C=C(C)C(=O)O[C@@H](C)C(=O)OC. The minimum atomic E-state index is -0.876. The zero-order valence-corrected chi connectivity index (χ0v) is 7.42. The highest BCUT2D eigenvalue weighted by molar-refractivity contribution is 5.89. The molecule has 0 amide bonds. The first-order valence-electron chi connectivity index (χ1n) is 3.43. The summed E-state index contributed by atoms with van der Waals surface area (Å²) in [7, 11) is 1.23. The zero-order chi connectivity index (χ0) is 9.72. The van der Waals surface area contributed by atoms with Crippen LogP contribution in [0.15, 0.2) is 12.2 Å². The van der Waals surface area contributed by atoms with Gasteiger partial charge in [-0.25, -0.2) is 9.59 Å². The van der Waals surface area contributed by atoms with E-state index in [9.17, 15) is 9.59 Å². The highest BCUT2D eigenvalue weighted by atomic mass is 16.6. The third kappa shape index (κ3) is 3.18. The van der Waals surface area contributed by atoms with Crippen LogP contribution in [0, 0.1) is 0 Å². The summed E-state index contributed by atoms with van der Waals surface area (Å²) in [6.45, 7) is 6.31. The van der Waals surface area contributed by atoms with Crippen LogP contribution in [0.3, 0.4) is 0 Å². The predicted octanol–water partition coefficient (Wildman–Crippen LogP) is 0.667. The fourth-order valence-electron chi connectivity index (χ4n) is 0.475. The molecule has 4 nitrogen and oxygen atoms in total. The fourth-order valence-corrected chi connectivity index (χ4v) is 0.475. The van der Waals surface area contributed by atoms with Gasteiger partial charge >= 0.3 is 11.9 Å². The van der Waals surface area contributed by atoms with Crippen LogP contribution in [-0.4, -0.2) is 25.2 Å². The summed E-state index contributed by atoms with van der Waals surface area (Å²) >= 11 is 0. The van der Waals surface area contributed by atoms with Crippen LogP contribution in [0.1, 0.15) is 13.8 Å². The van der Waals surface area contributed by atoms with Gasteiger partial charge in [0.15, 0.2) is 6.10 Å². The van der Waals surface area contributed by atoms with Crippen molar-refractivity contribution in [2.75, 3.05) is 7.11 Å². The maximum Gasteiger partial charge on any atom is 0.346 e. The van der Waals surface area contributed by atoms with E-state index in [1.165, 1.54) is 21.0 Å². The average Bonchev–Trinajstić information content (AvgIpc) is 2.02. The Morgan fingerprint density at radius 1 is 1.42 bits per heavy atom. The largest absolute Gasteiger partial charge is 0.466 e. The lowest BCUT2D eigenvalue weighted by Gasteiger charge is -2.09. The molecule has 0 aliphatic rings. The third-order valence-electron chi connectivity index (χ3n) is 1.17. The first kappa shape index (κ1) is 10.7. The third-order valence-corrected chi connectivity index (χ3v) is 1.17. The standard InChI is InChI=1S/C8H12O4/c1-5(2)7(9)12-6(3)8(10)11-4/h6H,1H2,2-4H3/t6-/m0/s1. The number of hydrogen-bond acceptors (Lipinski definition) is 4. The van der Waals surface area contributed by atoms with Gasteiger partial charge in [0.25, 0.3) is 0 Å². The molecule has 0 saturated heterocycles. The highest BCUT2D eigenvalue weighted by Crippen LogP contribution is 1.99. The molecule has 4 heteroatoms. The van der Waals surface area contributed by atoms with Gasteiger partial charge in [-0.3, -0.25) is 0 Å². The van der Waals surface area contributed by atoms with Gasteiger partial charge in [0.05, 0.1) is 7.11 Å². The van der Waals surface area contributed by atoms with Crippen molar-refractivity contribution in [2.24, 2.45) is 0 Å². The monoisotopic (exact) mass is 172 g/mol. The number of carbonyl (C=O) groups excluding carboxylic acids is 2. The Bertz CT molecular complexity index is 207. The molecule has 0 aromatic rings. The van der Waals surface area contributed by atoms with E-state index in [1.807, 2.05) is 0 Å². The van der Waals surface area contributed by atoms with E-state index >= 15 is 0 Å². The molecular weight excluding hydrogens is 160 g/mol. The van der Waals surface area contributed by atoms with E-state index in [2.05, 4.69) is 16.1 Å². The van der Waals surface area contributed by atoms with Crippen molar-refractivity contribution in [3.63, 3.8) is 0 Å². The lowest BCUT2D eigenvalue weighted by molar-refractivity contribution is -0.162. The lowest BCUT2D eigenvalue weighted by Crippen LogP contribution is -2.25. The molecule has 68 valence electrons. The Morgan fingerprint density at radius 2 is 1.92 bits per heavy atom. The molecule has 0 saturated carbocycles. The number of esters is 2. The van der Waals surface area contributed by atoms with Crippen molar-refractivity contribution in [3.05, 3.63) is 12.2 Å². The molecule has 0 rings (SSSR count). The molecule has 0 aliphatic heterocycles. The van der Waals surface area contributed by atoms with Gasteiger partial charge in [-0.05, 0) is 13.8 Å². The highest BCUT2D eigenvalue weighted by Gasteiger charge is 2.17. The van der Waals surface area contributed by atoms with Crippen LogP contribution in [0.25, 0.3) is 0 Å². The fraction of sp³-hybridized carbons (Fsp3) is 0.500. The Kier molecular flexibility index (Phi) is 4.04. The number of methoxy groups -OCH3 is 1. The summed E-state index contributed by atoms with van der Waals surface area (Å²) in [6.07, 6.45) is -0.876. The topological polar surface area (TPSA) is 52.6 Å². The quantitative estimate of drug-likeness (QED) is 0.463. The van der Waals surface area contributed by atoms with Crippen LogP contribution in [0.4, 0.5) is 0 Å². The van der Waals surface area contributed by atoms with Gasteiger partial charge in [-0.2, -0.15) is 0 Å². The number of hydrogen-bond donors (Lipinski definition) is 0. The Labute approximate surface area is 71.2 Å². The van der Waals surface area contributed by atoms with Crippen LogP contribution in [0.2, 0.25) is 0 Å². The van der Waals surface area contributed by atoms with Crippen molar-refractivity contribution >= 4 is 11.9 Å². The Morgan fingerprint density at radius 3 is 2.25 bits per heavy atom. The van der Waals surface area contributed by atoms with Crippen LogP contribution in [0.5, 0.6) is 0 Å². The summed E-state index contributed by atoms with van der Waals surface area (Å²) in [4.78, 5) is 21.6. The van der Waals surface area contributed by atoms with Crippen LogP contribution < -0.4 is 0 Å². The summed E-state index contributed by atoms with van der Waals surface area (Å²) in [6, 6.07) is 0. The molecule has 0 unspecified atom stereocenters. The van der Waals surface area contributed by atoms with Gasteiger partial charge in [0.2, 0.25) is 0 Å². The molecule has 0 aromatic heterocycles. The van der Waals surface area contributed by atoms with E-state index in [-0.39, 0.29) is 5.57 Å². The molecule has 0 radical (unpaired) electrons. The predicted molar refractivity (Wildman–Crippen MR) is 42.4 cm³/mol. The minimum absolute atomic E-state index is 0.255. The van der Waals surface area contributed by atoms with E-state index in [0.29, 0.717) is 0 Å². The Balaban J connectivity index is 4.01. The molecule has 0 heterocycles.